The maximum absolute atomic E-state index is 5.37. The van der Waals surface area contributed by atoms with Gasteiger partial charge in [-0.2, -0.15) is 0 Å². The predicted molar refractivity (Wildman–Crippen MR) is 101 cm³/mol. The monoisotopic (exact) mass is 365 g/mol. The molecule has 0 aliphatic carbocycles. The molecule has 0 bridgehead atoms. The molecule has 4 aromatic rings. The summed E-state index contributed by atoms with van der Waals surface area (Å²) in [6, 6.07) is 12.3. The second kappa shape index (κ2) is 7.21. The van der Waals surface area contributed by atoms with Crippen LogP contribution in [0.15, 0.2) is 64.6 Å². The first-order chi connectivity index (χ1) is 12.7. The molecule has 0 atom stereocenters. The maximum Gasteiger partial charge on any atom is 0.191 e. The lowest BCUT2D eigenvalue weighted by molar-refractivity contribution is 0.534. The number of hydrogen-bond donors (Lipinski definition) is 0. The first-order valence-electron chi connectivity index (χ1n) is 8.33. The number of benzene rings is 1. The number of aryl methyl sites for hydroxylation is 1. The Hall–Kier alpha value is -2.80. The minimum absolute atomic E-state index is 0.732. The van der Waals surface area contributed by atoms with Crippen LogP contribution in [-0.2, 0) is 19.3 Å². The van der Waals surface area contributed by atoms with Crippen LogP contribution in [0.4, 0.5) is 0 Å². The van der Waals surface area contributed by atoms with Crippen LogP contribution < -0.4 is 0 Å². The van der Waals surface area contributed by atoms with Crippen molar-refractivity contribution in [2.75, 3.05) is 0 Å². The number of furan rings is 1. The van der Waals surface area contributed by atoms with E-state index in [4.69, 9.17) is 4.42 Å². The number of hydrogen-bond acceptors (Lipinski definition) is 5. The van der Waals surface area contributed by atoms with Crippen LogP contribution in [0.25, 0.3) is 11.4 Å². The van der Waals surface area contributed by atoms with Gasteiger partial charge < -0.3 is 13.6 Å². The lowest BCUT2D eigenvalue weighted by atomic mass is 10.2. The van der Waals surface area contributed by atoms with Crippen molar-refractivity contribution in [3.05, 3.63) is 72.2 Å². The molecule has 7 heteroatoms. The van der Waals surface area contributed by atoms with Crippen molar-refractivity contribution in [2.24, 2.45) is 7.05 Å². The topological polar surface area (TPSA) is 61.7 Å². The molecule has 132 valence electrons. The molecule has 0 amide bonds. The van der Waals surface area contributed by atoms with E-state index in [1.165, 1.54) is 5.56 Å². The van der Waals surface area contributed by atoms with E-state index in [2.05, 4.69) is 44.0 Å². The van der Waals surface area contributed by atoms with E-state index in [1.54, 1.807) is 18.0 Å². The van der Waals surface area contributed by atoms with Crippen LogP contribution in [0.1, 0.15) is 17.1 Å². The van der Waals surface area contributed by atoms with Crippen molar-refractivity contribution >= 4 is 11.8 Å². The number of rotatable bonds is 6. The van der Waals surface area contributed by atoms with E-state index in [0.29, 0.717) is 0 Å². The SMILES string of the molecule is Cc1occc1-c1nnc(SCc2nccn2Cc2ccccc2)n1C. The van der Waals surface area contributed by atoms with Crippen LogP contribution in [0.2, 0.25) is 0 Å². The Balaban J connectivity index is 1.48. The Kier molecular flexibility index (Phi) is 4.62. The zero-order valence-electron chi connectivity index (χ0n) is 14.7. The Labute approximate surface area is 155 Å². The average Bonchev–Trinajstić information content (AvgIpc) is 3.35. The number of thioether (sulfide) groups is 1. The summed E-state index contributed by atoms with van der Waals surface area (Å²) in [5.41, 5.74) is 2.23. The molecule has 3 heterocycles. The highest BCUT2D eigenvalue weighted by Gasteiger charge is 2.15. The third kappa shape index (κ3) is 3.30. The van der Waals surface area contributed by atoms with Gasteiger partial charge >= 0.3 is 0 Å². The molecule has 0 saturated heterocycles. The molecule has 0 aliphatic rings. The molecular weight excluding hydrogens is 346 g/mol. The smallest absolute Gasteiger partial charge is 0.191 e. The van der Waals surface area contributed by atoms with Gasteiger partial charge in [-0.25, -0.2) is 4.98 Å². The van der Waals surface area contributed by atoms with Crippen molar-refractivity contribution in [3.63, 3.8) is 0 Å². The molecule has 0 unspecified atom stereocenters. The fraction of sp³-hybridized carbons (Fsp3) is 0.211. The van der Waals surface area contributed by atoms with Crippen molar-refractivity contribution in [2.45, 2.75) is 24.4 Å². The van der Waals surface area contributed by atoms with E-state index < -0.39 is 0 Å². The summed E-state index contributed by atoms with van der Waals surface area (Å²) >= 11 is 1.63. The van der Waals surface area contributed by atoms with E-state index in [1.807, 2.05) is 43.1 Å². The van der Waals surface area contributed by atoms with Crippen LogP contribution in [0, 0.1) is 6.92 Å². The van der Waals surface area contributed by atoms with Crippen molar-refractivity contribution in [1.82, 2.24) is 24.3 Å². The third-order valence-corrected chi connectivity index (χ3v) is 5.28. The summed E-state index contributed by atoms with van der Waals surface area (Å²) in [5, 5.41) is 9.49. The van der Waals surface area contributed by atoms with Crippen LogP contribution in [-0.4, -0.2) is 24.3 Å². The van der Waals surface area contributed by atoms with Crippen molar-refractivity contribution < 1.29 is 4.42 Å². The molecule has 0 radical (unpaired) electrons. The first kappa shape index (κ1) is 16.7. The van der Waals surface area contributed by atoms with Gasteiger partial charge in [0.1, 0.15) is 11.6 Å². The zero-order valence-corrected chi connectivity index (χ0v) is 15.5. The molecule has 4 rings (SSSR count). The predicted octanol–water partition coefficient (Wildman–Crippen LogP) is 3.92. The van der Waals surface area contributed by atoms with Crippen LogP contribution in [0.5, 0.6) is 0 Å². The Morgan fingerprint density at radius 2 is 1.96 bits per heavy atom. The summed E-state index contributed by atoms with van der Waals surface area (Å²) < 4.78 is 9.53. The molecule has 1 aromatic carbocycles. The fourth-order valence-corrected chi connectivity index (χ4v) is 3.70. The number of imidazole rings is 1. The summed E-state index contributed by atoms with van der Waals surface area (Å²) in [6.07, 6.45) is 5.53. The maximum atomic E-state index is 5.37. The number of aromatic nitrogens is 5. The Bertz CT molecular complexity index is 1000. The van der Waals surface area contributed by atoms with Crippen molar-refractivity contribution in [3.8, 4) is 11.4 Å². The molecular formula is C19H19N5OS. The van der Waals surface area contributed by atoms with Gasteiger partial charge in [-0.05, 0) is 18.6 Å². The van der Waals surface area contributed by atoms with Gasteiger partial charge in [0.15, 0.2) is 11.0 Å². The fourth-order valence-electron chi connectivity index (χ4n) is 2.83. The second-order valence-electron chi connectivity index (χ2n) is 6.00. The lowest BCUT2D eigenvalue weighted by Gasteiger charge is -2.08. The van der Waals surface area contributed by atoms with Gasteiger partial charge in [0.25, 0.3) is 0 Å². The van der Waals surface area contributed by atoms with E-state index in [-0.39, 0.29) is 0 Å². The molecule has 0 aliphatic heterocycles. The standard InChI is InChI=1S/C19H19N5OS/c1-14-16(8-11-25-14)18-21-22-19(23(18)2)26-13-17-20-9-10-24(17)12-15-6-4-3-5-7-15/h3-11H,12-13H2,1-2H3. The van der Waals surface area contributed by atoms with Gasteiger partial charge in [-0.15, -0.1) is 10.2 Å². The molecule has 3 aromatic heterocycles. The van der Waals surface area contributed by atoms with Crippen molar-refractivity contribution in [1.29, 1.82) is 0 Å². The summed E-state index contributed by atoms with van der Waals surface area (Å²) in [5.74, 6) is 3.40. The quantitative estimate of drug-likeness (QED) is 0.485. The minimum atomic E-state index is 0.732. The molecule has 0 N–H and O–H groups in total. The molecule has 0 fully saturated rings. The highest BCUT2D eigenvalue weighted by Crippen LogP contribution is 2.27. The molecule has 0 saturated carbocycles. The van der Waals surface area contributed by atoms with Gasteiger partial charge in [0, 0.05) is 26.0 Å². The molecule has 26 heavy (non-hydrogen) atoms. The highest BCUT2D eigenvalue weighted by atomic mass is 32.2. The van der Waals surface area contributed by atoms with E-state index >= 15 is 0 Å². The lowest BCUT2D eigenvalue weighted by Crippen LogP contribution is -2.04. The van der Waals surface area contributed by atoms with Crippen LogP contribution >= 0.6 is 11.8 Å². The van der Waals surface area contributed by atoms with E-state index in [0.717, 1.165) is 40.4 Å². The Morgan fingerprint density at radius 1 is 1.12 bits per heavy atom. The first-order valence-corrected chi connectivity index (χ1v) is 9.31. The van der Waals surface area contributed by atoms with Gasteiger partial charge in [-0.1, -0.05) is 42.1 Å². The Morgan fingerprint density at radius 3 is 2.73 bits per heavy atom. The molecule has 0 spiro atoms. The van der Waals surface area contributed by atoms with Gasteiger partial charge in [-0.3, -0.25) is 0 Å². The normalized spacial score (nSPS) is 11.2. The zero-order chi connectivity index (χ0) is 17.9. The minimum Gasteiger partial charge on any atom is -0.469 e. The average molecular weight is 365 g/mol. The second-order valence-corrected chi connectivity index (χ2v) is 6.94. The summed E-state index contributed by atoms with van der Waals surface area (Å²) in [4.78, 5) is 4.50. The summed E-state index contributed by atoms with van der Waals surface area (Å²) in [7, 11) is 1.97. The highest BCUT2D eigenvalue weighted by molar-refractivity contribution is 7.98. The summed E-state index contributed by atoms with van der Waals surface area (Å²) in [6.45, 7) is 2.74. The van der Waals surface area contributed by atoms with Gasteiger partial charge in [0.05, 0.1) is 17.6 Å². The van der Waals surface area contributed by atoms with Crippen LogP contribution in [0.3, 0.4) is 0 Å². The largest absolute Gasteiger partial charge is 0.469 e. The third-order valence-electron chi connectivity index (χ3n) is 4.26. The number of nitrogens with zero attached hydrogens (tertiary/aromatic N) is 5. The molecule has 6 nitrogen and oxygen atoms in total. The van der Waals surface area contributed by atoms with E-state index in [9.17, 15) is 0 Å². The van der Waals surface area contributed by atoms with Gasteiger partial charge in [0.2, 0.25) is 0 Å².